The van der Waals surface area contributed by atoms with Crippen LogP contribution in [0.3, 0.4) is 0 Å². The van der Waals surface area contributed by atoms with E-state index in [1.807, 2.05) is 24.3 Å². The van der Waals surface area contributed by atoms with Crippen LogP contribution in [0.2, 0.25) is 0 Å². The molecular formula is C11H12BrF. The van der Waals surface area contributed by atoms with E-state index in [9.17, 15) is 4.39 Å². The molecule has 0 radical (unpaired) electrons. The van der Waals surface area contributed by atoms with Crippen molar-refractivity contribution in [3.05, 3.63) is 34.3 Å². The Hall–Kier alpha value is -0.370. The minimum Gasteiger partial charge on any atom is -0.247 e. The zero-order chi connectivity index (χ0) is 9.47. The molecule has 0 saturated heterocycles. The Morgan fingerprint density at radius 3 is 2.23 bits per heavy atom. The topological polar surface area (TPSA) is 0 Å². The van der Waals surface area contributed by atoms with Crippen molar-refractivity contribution in [2.24, 2.45) is 0 Å². The molecule has 0 aromatic heterocycles. The lowest BCUT2D eigenvalue weighted by Crippen LogP contribution is -2.18. The number of alkyl halides is 1. The van der Waals surface area contributed by atoms with E-state index in [0.29, 0.717) is 0 Å². The van der Waals surface area contributed by atoms with E-state index in [4.69, 9.17) is 0 Å². The highest BCUT2D eigenvalue weighted by Gasteiger charge is 2.49. The van der Waals surface area contributed by atoms with Crippen LogP contribution in [0.5, 0.6) is 0 Å². The Kier molecular flexibility index (Phi) is 2.18. The maximum Gasteiger partial charge on any atom is 0.107 e. The Morgan fingerprint density at radius 2 is 1.85 bits per heavy atom. The van der Waals surface area contributed by atoms with Crippen LogP contribution in [-0.4, -0.2) is 6.17 Å². The van der Waals surface area contributed by atoms with Gasteiger partial charge in [-0.05, 0) is 37.5 Å². The van der Waals surface area contributed by atoms with E-state index in [-0.39, 0.29) is 5.41 Å². The molecule has 2 heteroatoms. The van der Waals surface area contributed by atoms with Crippen LogP contribution in [0.4, 0.5) is 4.39 Å². The first-order chi connectivity index (χ1) is 6.15. The molecule has 70 valence electrons. The molecule has 1 fully saturated rings. The van der Waals surface area contributed by atoms with E-state index in [1.54, 1.807) is 6.92 Å². The fraction of sp³-hybridized carbons (Fsp3) is 0.455. The molecule has 0 spiro atoms. The summed E-state index contributed by atoms with van der Waals surface area (Å²) in [6, 6.07) is 8.01. The van der Waals surface area contributed by atoms with Crippen LogP contribution in [0, 0.1) is 0 Å². The first-order valence-electron chi connectivity index (χ1n) is 4.55. The van der Waals surface area contributed by atoms with Crippen LogP contribution in [0.15, 0.2) is 28.7 Å². The Balaban J connectivity index is 2.31. The van der Waals surface area contributed by atoms with Crippen LogP contribution in [0.1, 0.15) is 25.3 Å². The fourth-order valence-corrected chi connectivity index (χ4v) is 2.10. The molecule has 1 aliphatic rings. The summed E-state index contributed by atoms with van der Waals surface area (Å²) in [6.07, 6.45) is 1.26. The number of hydrogen-bond acceptors (Lipinski definition) is 0. The summed E-state index contributed by atoms with van der Waals surface area (Å²) in [6.45, 7) is 1.66. The smallest absolute Gasteiger partial charge is 0.107 e. The van der Waals surface area contributed by atoms with Gasteiger partial charge in [-0.2, -0.15) is 0 Å². The molecule has 0 nitrogen and oxygen atoms in total. The predicted molar refractivity (Wildman–Crippen MR) is 55.6 cm³/mol. The van der Waals surface area contributed by atoms with Crippen molar-refractivity contribution in [3.63, 3.8) is 0 Å². The molecule has 0 N–H and O–H groups in total. The van der Waals surface area contributed by atoms with Gasteiger partial charge in [0.25, 0.3) is 0 Å². The fourth-order valence-electron chi connectivity index (χ4n) is 1.83. The molecule has 1 aliphatic carbocycles. The Bertz CT molecular complexity index is 298. The minimum atomic E-state index is -0.728. The molecule has 1 atom stereocenters. The minimum absolute atomic E-state index is 0.152. The monoisotopic (exact) mass is 242 g/mol. The summed E-state index contributed by atoms with van der Waals surface area (Å²) in [7, 11) is 0. The van der Waals surface area contributed by atoms with Gasteiger partial charge in [-0.3, -0.25) is 0 Å². The van der Waals surface area contributed by atoms with Crippen LogP contribution in [0.25, 0.3) is 0 Å². The summed E-state index contributed by atoms with van der Waals surface area (Å²) in [5.41, 5.74) is 0.992. The van der Waals surface area contributed by atoms with E-state index in [1.165, 1.54) is 0 Å². The third kappa shape index (κ3) is 1.52. The highest BCUT2D eigenvalue weighted by atomic mass is 79.9. The average Bonchev–Trinajstić information content (AvgIpc) is 2.86. The molecule has 1 aromatic rings. The summed E-state index contributed by atoms with van der Waals surface area (Å²) in [4.78, 5) is 0. The largest absolute Gasteiger partial charge is 0.247 e. The molecule has 13 heavy (non-hydrogen) atoms. The van der Waals surface area contributed by atoms with E-state index < -0.39 is 6.17 Å². The number of halogens is 2. The van der Waals surface area contributed by atoms with Crippen molar-refractivity contribution in [2.45, 2.75) is 31.4 Å². The van der Waals surface area contributed by atoms with E-state index >= 15 is 0 Å². The molecule has 0 amide bonds. The third-order valence-corrected chi connectivity index (χ3v) is 3.50. The molecule has 2 rings (SSSR count). The number of rotatable bonds is 2. The van der Waals surface area contributed by atoms with Crippen LogP contribution < -0.4 is 0 Å². The van der Waals surface area contributed by atoms with Gasteiger partial charge in [0.15, 0.2) is 0 Å². The standard InChI is InChI=1S/C11H12BrF/c1-8(13)11(6-7-11)9-2-4-10(12)5-3-9/h2-5,8H,6-7H2,1H3. The lowest BCUT2D eigenvalue weighted by Gasteiger charge is -2.16. The highest BCUT2D eigenvalue weighted by molar-refractivity contribution is 9.10. The van der Waals surface area contributed by atoms with Crippen molar-refractivity contribution in [1.82, 2.24) is 0 Å². The predicted octanol–water partition coefficient (Wildman–Crippen LogP) is 3.84. The van der Waals surface area contributed by atoms with Gasteiger partial charge in [0.05, 0.1) is 0 Å². The molecule has 0 aliphatic heterocycles. The average molecular weight is 243 g/mol. The van der Waals surface area contributed by atoms with E-state index in [2.05, 4.69) is 15.9 Å². The zero-order valence-electron chi connectivity index (χ0n) is 7.56. The molecule has 1 unspecified atom stereocenters. The van der Waals surface area contributed by atoms with Gasteiger partial charge in [0.1, 0.15) is 6.17 Å². The zero-order valence-corrected chi connectivity index (χ0v) is 9.14. The molecule has 0 heterocycles. The summed E-state index contributed by atoms with van der Waals surface area (Å²) in [5, 5.41) is 0. The summed E-state index contributed by atoms with van der Waals surface area (Å²) < 4.78 is 14.4. The van der Waals surface area contributed by atoms with Crippen molar-refractivity contribution in [2.75, 3.05) is 0 Å². The first-order valence-corrected chi connectivity index (χ1v) is 5.34. The second kappa shape index (κ2) is 3.09. The quantitative estimate of drug-likeness (QED) is 0.740. The lowest BCUT2D eigenvalue weighted by molar-refractivity contribution is 0.290. The second-order valence-electron chi connectivity index (χ2n) is 3.78. The van der Waals surface area contributed by atoms with Gasteiger partial charge < -0.3 is 0 Å². The van der Waals surface area contributed by atoms with Gasteiger partial charge in [-0.1, -0.05) is 28.1 Å². The lowest BCUT2D eigenvalue weighted by atomic mass is 9.92. The van der Waals surface area contributed by atoms with Crippen LogP contribution in [-0.2, 0) is 5.41 Å². The van der Waals surface area contributed by atoms with Crippen molar-refractivity contribution in [1.29, 1.82) is 0 Å². The number of hydrogen-bond donors (Lipinski definition) is 0. The Morgan fingerprint density at radius 1 is 1.31 bits per heavy atom. The SMILES string of the molecule is CC(F)C1(c2ccc(Br)cc2)CC1. The normalized spacial score (nSPS) is 21.2. The summed E-state index contributed by atoms with van der Waals surface area (Å²) in [5.74, 6) is 0. The third-order valence-electron chi connectivity index (χ3n) is 2.97. The number of benzene rings is 1. The second-order valence-corrected chi connectivity index (χ2v) is 4.69. The van der Waals surface area contributed by atoms with Gasteiger partial charge in [-0.25, -0.2) is 4.39 Å². The van der Waals surface area contributed by atoms with Crippen molar-refractivity contribution in [3.8, 4) is 0 Å². The van der Waals surface area contributed by atoms with Crippen molar-refractivity contribution >= 4 is 15.9 Å². The van der Waals surface area contributed by atoms with E-state index in [0.717, 1.165) is 22.9 Å². The maximum absolute atomic E-state index is 13.3. The molecule has 0 bridgehead atoms. The maximum atomic E-state index is 13.3. The molecule has 1 aromatic carbocycles. The first kappa shape index (κ1) is 9.20. The van der Waals surface area contributed by atoms with Gasteiger partial charge >= 0.3 is 0 Å². The highest BCUT2D eigenvalue weighted by Crippen LogP contribution is 2.52. The van der Waals surface area contributed by atoms with Gasteiger partial charge in [0.2, 0.25) is 0 Å². The van der Waals surface area contributed by atoms with Gasteiger partial charge in [0, 0.05) is 9.89 Å². The van der Waals surface area contributed by atoms with Gasteiger partial charge in [-0.15, -0.1) is 0 Å². The molecule has 1 saturated carbocycles. The summed E-state index contributed by atoms with van der Waals surface area (Å²) >= 11 is 3.38. The molecular weight excluding hydrogens is 231 g/mol. The Labute approximate surface area is 86.3 Å². The van der Waals surface area contributed by atoms with Crippen molar-refractivity contribution < 1.29 is 4.39 Å². The van der Waals surface area contributed by atoms with Crippen LogP contribution >= 0.6 is 15.9 Å².